The van der Waals surface area contributed by atoms with E-state index in [4.69, 9.17) is 0 Å². The Hall–Kier alpha value is -3.58. The maximum atomic E-state index is 13.2. The molecule has 0 radical (unpaired) electrons. The standard InChI is InChI=1S/C29H34N2O5/c1-3-4-23(17-32)30-27(35)20-8-6-19(7-9-20)24-16-22(11-5-18(24)2)31-28(36)29(13-14-29)21-10-12-25(33)26(34)15-21/h5-6,8,10-12,15-16,23,32-34H,3-4,7,9,13-14,17H2,1-2H3,(H,30,35)(H,31,36)/t23-/m1/s1. The minimum absolute atomic E-state index is 0.0686. The van der Waals surface area contributed by atoms with Crippen LogP contribution in [0.15, 0.2) is 54.1 Å². The summed E-state index contributed by atoms with van der Waals surface area (Å²) in [5.74, 6) is -0.704. The predicted molar refractivity (Wildman–Crippen MR) is 140 cm³/mol. The number of carbonyl (C=O) groups excluding carboxylic acids is 2. The van der Waals surface area contributed by atoms with Gasteiger partial charge in [0.1, 0.15) is 0 Å². The van der Waals surface area contributed by atoms with E-state index >= 15 is 0 Å². The Labute approximate surface area is 211 Å². The fourth-order valence-corrected chi connectivity index (χ4v) is 4.78. The molecule has 0 bridgehead atoms. The molecule has 1 saturated carbocycles. The van der Waals surface area contributed by atoms with E-state index in [1.807, 2.05) is 44.2 Å². The summed E-state index contributed by atoms with van der Waals surface area (Å²) in [5.41, 5.74) is 4.57. The van der Waals surface area contributed by atoms with Gasteiger partial charge in [0.25, 0.3) is 0 Å². The van der Waals surface area contributed by atoms with E-state index in [0.29, 0.717) is 42.5 Å². The molecule has 7 nitrogen and oxygen atoms in total. The van der Waals surface area contributed by atoms with Crippen LogP contribution in [0.1, 0.15) is 62.1 Å². The summed E-state index contributed by atoms with van der Waals surface area (Å²) in [4.78, 5) is 25.8. The average molecular weight is 491 g/mol. The smallest absolute Gasteiger partial charge is 0.247 e. The number of hydrogen-bond acceptors (Lipinski definition) is 5. The highest BCUT2D eigenvalue weighted by molar-refractivity contribution is 6.02. The monoisotopic (exact) mass is 490 g/mol. The number of rotatable bonds is 9. The molecule has 0 heterocycles. The number of aliphatic hydroxyl groups is 1. The summed E-state index contributed by atoms with van der Waals surface area (Å²) < 4.78 is 0. The van der Waals surface area contributed by atoms with Gasteiger partial charge in [0.2, 0.25) is 11.8 Å². The highest BCUT2D eigenvalue weighted by atomic mass is 16.3. The third-order valence-electron chi connectivity index (χ3n) is 7.19. The number of phenolic OH excluding ortho intramolecular Hbond substituents is 2. The van der Waals surface area contributed by atoms with Gasteiger partial charge in [-0.05, 0) is 85.6 Å². The fourth-order valence-electron chi connectivity index (χ4n) is 4.78. The first-order valence-electron chi connectivity index (χ1n) is 12.5. The highest BCUT2D eigenvalue weighted by Crippen LogP contribution is 2.50. The Balaban J connectivity index is 1.48. The normalized spacial score (nSPS) is 17.0. The first kappa shape index (κ1) is 25.5. The van der Waals surface area contributed by atoms with E-state index in [1.54, 1.807) is 6.07 Å². The second-order valence-corrected chi connectivity index (χ2v) is 9.79. The third-order valence-corrected chi connectivity index (χ3v) is 7.19. The van der Waals surface area contributed by atoms with Crippen molar-refractivity contribution in [3.05, 3.63) is 70.8 Å². The number of aromatic hydroxyl groups is 2. The molecule has 0 spiro atoms. The first-order valence-corrected chi connectivity index (χ1v) is 12.5. The van der Waals surface area contributed by atoms with E-state index in [-0.39, 0.29) is 36.0 Å². The number of aryl methyl sites for hydroxylation is 1. The van der Waals surface area contributed by atoms with Crippen molar-refractivity contribution in [3.8, 4) is 11.5 Å². The lowest BCUT2D eigenvalue weighted by Crippen LogP contribution is -2.38. The van der Waals surface area contributed by atoms with Gasteiger partial charge < -0.3 is 26.0 Å². The number of nitrogens with one attached hydrogen (secondary N) is 2. The number of hydrogen-bond donors (Lipinski definition) is 5. The Kier molecular flexibility index (Phi) is 7.50. The molecule has 2 aliphatic rings. The van der Waals surface area contributed by atoms with Crippen LogP contribution in [0.5, 0.6) is 11.5 Å². The number of anilines is 1. The Morgan fingerprint density at radius 1 is 1.03 bits per heavy atom. The van der Waals surface area contributed by atoms with Crippen molar-refractivity contribution in [1.82, 2.24) is 5.32 Å². The molecule has 2 aromatic rings. The number of allylic oxidation sites excluding steroid dienone is 3. The summed E-state index contributed by atoms with van der Waals surface area (Å²) in [7, 11) is 0. The molecular formula is C29H34N2O5. The molecule has 36 heavy (non-hydrogen) atoms. The molecular weight excluding hydrogens is 456 g/mol. The molecule has 4 rings (SSSR count). The topological polar surface area (TPSA) is 119 Å². The lowest BCUT2D eigenvalue weighted by Gasteiger charge is -2.20. The molecule has 2 aromatic carbocycles. The summed E-state index contributed by atoms with van der Waals surface area (Å²) in [6.45, 7) is 3.97. The molecule has 1 atom stereocenters. The third kappa shape index (κ3) is 5.31. The van der Waals surface area contributed by atoms with Crippen molar-refractivity contribution in [2.75, 3.05) is 11.9 Å². The highest BCUT2D eigenvalue weighted by Gasteiger charge is 2.51. The maximum Gasteiger partial charge on any atom is 0.247 e. The zero-order valence-electron chi connectivity index (χ0n) is 20.8. The zero-order valence-corrected chi connectivity index (χ0v) is 20.8. The van der Waals surface area contributed by atoms with Crippen LogP contribution < -0.4 is 10.6 Å². The molecule has 0 unspecified atom stereocenters. The van der Waals surface area contributed by atoms with Gasteiger partial charge >= 0.3 is 0 Å². The van der Waals surface area contributed by atoms with E-state index in [9.17, 15) is 24.9 Å². The Morgan fingerprint density at radius 2 is 1.81 bits per heavy atom. The van der Waals surface area contributed by atoms with Crippen molar-refractivity contribution in [3.63, 3.8) is 0 Å². The number of carbonyl (C=O) groups is 2. The molecule has 2 aliphatic carbocycles. The molecule has 2 amide bonds. The molecule has 190 valence electrons. The van der Waals surface area contributed by atoms with Crippen molar-refractivity contribution in [2.45, 2.75) is 63.8 Å². The van der Waals surface area contributed by atoms with Crippen LogP contribution in [0.25, 0.3) is 5.57 Å². The van der Waals surface area contributed by atoms with Gasteiger partial charge in [0.15, 0.2) is 11.5 Å². The number of aliphatic hydroxyl groups excluding tert-OH is 1. The lowest BCUT2D eigenvalue weighted by molar-refractivity contribution is -0.119. The average Bonchev–Trinajstić information content (AvgIpc) is 3.69. The second kappa shape index (κ2) is 10.6. The number of amides is 2. The second-order valence-electron chi connectivity index (χ2n) is 9.79. The maximum absolute atomic E-state index is 13.2. The zero-order chi connectivity index (χ0) is 25.9. The first-order chi connectivity index (χ1) is 17.3. The van der Waals surface area contributed by atoms with Gasteiger partial charge in [-0.3, -0.25) is 9.59 Å². The van der Waals surface area contributed by atoms with Crippen LogP contribution in [0.3, 0.4) is 0 Å². The van der Waals surface area contributed by atoms with E-state index in [1.165, 1.54) is 12.1 Å². The molecule has 5 N–H and O–H groups in total. The molecule has 7 heteroatoms. The van der Waals surface area contributed by atoms with E-state index < -0.39 is 5.41 Å². The minimum atomic E-state index is -0.699. The van der Waals surface area contributed by atoms with E-state index in [2.05, 4.69) is 10.6 Å². The van der Waals surface area contributed by atoms with Gasteiger partial charge in [-0.1, -0.05) is 37.6 Å². The van der Waals surface area contributed by atoms with Crippen LogP contribution in [0.4, 0.5) is 5.69 Å². The van der Waals surface area contributed by atoms with E-state index in [0.717, 1.165) is 29.5 Å². The summed E-state index contributed by atoms with van der Waals surface area (Å²) in [6.07, 6.45) is 8.09. The van der Waals surface area contributed by atoms with Gasteiger partial charge in [0, 0.05) is 11.3 Å². The van der Waals surface area contributed by atoms with Crippen LogP contribution in [0, 0.1) is 6.92 Å². The largest absolute Gasteiger partial charge is 0.504 e. The Bertz CT molecular complexity index is 1230. The van der Waals surface area contributed by atoms with Gasteiger partial charge in [-0.2, -0.15) is 0 Å². The molecule has 0 aromatic heterocycles. The fraction of sp³-hybridized carbons (Fsp3) is 0.379. The predicted octanol–water partition coefficient (Wildman–Crippen LogP) is 4.46. The minimum Gasteiger partial charge on any atom is -0.504 e. The van der Waals surface area contributed by atoms with Gasteiger partial charge in [-0.25, -0.2) is 0 Å². The number of benzene rings is 2. The summed E-state index contributed by atoms with van der Waals surface area (Å²) >= 11 is 0. The van der Waals surface area contributed by atoms with Crippen LogP contribution in [-0.2, 0) is 15.0 Å². The molecule has 0 saturated heterocycles. The molecule has 0 aliphatic heterocycles. The number of phenols is 2. The lowest BCUT2D eigenvalue weighted by atomic mass is 9.90. The molecule has 1 fully saturated rings. The van der Waals surface area contributed by atoms with Crippen molar-refractivity contribution < 1.29 is 24.9 Å². The van der Waals surface area contributed by atoms with Gasteiger partial charge in [-0.15, -0.1) is 0 Å². The SMILES string of the molecule is CCC[C@H](CO)NC(=O)C1=CC=C(c2cc(NC(=O)C3(c4ccc(O)c(O)c4)CC3)ccc2C)CC1. The summed E-state index contributed by atoms with van der Waals surface area (Å²) in [6, 6.07) is 10.1. The quantitative estimate of drug-likeness (QED) is 0.333. The van der Waals surface area contributed by atoms with Crippen LogP contribution >= 0.6 is 0 Å². The summed E-state index contributed by atoms with van der Waals surface area (Å²) in [5, 5.41) is 34.9. The van der Waals surface area contributed by atoms with Crippen molar-refractivity contribution in [1.29, 1.82) is 0 Å². The van der Waals surface area contributed by atoms with Crippen molar-refractivity contribution in [2.24, 2.45) is 0 Å². The van der Waals surface area contributed by atoms with Crippen molar-refractivity contribution >= 4 is 23.1 Å². The van der Waals surface area contributed by atoms with Crippen LogP contribution in [0.2, 0.25) is 0 Å². The van der Waals surface area contributed by atoms with Crippen LogP contribution in [-0.4, -0.2) is 39.8 Å². The van der Waals surface area contributed by atoms with Gasteiger partial charge in [0.05, 0.1) is 18.1 Å². The Morgan fingerprint density at radius 3 is 2.42 bits per heavy atom.